The van der Waals surface area contributed by atoms with Crippen LogP contribution in [-0.4, -0.2) is 18.7 Å². The van der Waals surface area contributed by atoms with E-state index in [-0.39, 0.29) is 18.7 Å². The summed E-state index contributed by atoms with van der Waals surface area (Å²) in [5.74, 6) is 0.214. The van der Waals surface area contributed by atoms with Gasteiger partial charge in [0.15, 0.2) is 0 Å². The third kappa shape index (κ3) is 4.91. The van der Waals surface area contributed by atoms with E-state index in [0.717, 1.165) is 0 Å². The normalized spacial score (nSPS) is 12.4. The van der Waals surface area contributed by atoms with Gasteiger partial charge in [0.25, 0.3) is 0 Å². The first kappa shape index (κ1) is 13.6. The zero-order valence-corrected chi connectivity index (χ0v) is 10.6. The number of hydrogen-bond donors (Lipinski definition) is 0. The highest BCUT2D eigenvalue weighted by Crippen LogP contribution is 2.23. The quantitative estimate of drug-likeness (QED) is 0.598. The molecule has 1 aromatic carbocycles. The summed E-state index contributed by atoms with van der Waals surface area (Å²) >= 11 is 5.92. The first-order valence-corrected chi connectivity index (χ1v) is 5.72. The van der Waals surface area contributed by atoms with E-state index >= 15 is 0 Å². The molecule has 0 bridgehead atoms. The van der Waals surface area contributed by atoms with Crippen molar-refractivity contribution in [2.45, 2.75) is 20.0 Å². The Hall–Kier alpha value is -1.48. The Labute approximate surface area is 106 Å². The summed E-state index contributed by atoms with van der Waals surface area (Å²) in [5.41, 5.74) is 0. The second kappa shape index (κ2) is 6.97. The van der Waals surface area contributed by atoms with E-state index in [0.29, 0.717) is 10.8 Å². The molecule has 0 N–H and O–H groups in total. The van der Waals surface area contributed by atoms with Gasteiger partial charge >= 0.3 is 5.97 Å². The summed E-state index contributed by atoms with van der Waals surface area (Å²) in [7, 11) is 0. The molecule has 3 nitrogen and oxygen atoms in total. The van der Waals surface area contributed by atoms with Crippen LogP contribution in [0.4, 0.5) is 0 Å². The number of para-hydroxylation sites is 1. The van der Waals surface area contributed by atoms with Gasteiger partial charge in [0, 0.05) is 6.08 Å². The minimum absolute atomic E-state index is 0.271. The Morgan fingerprint density at radius 1 is 1.47 bits per heavy atom. The molecule has 0 aliphatic heterocycles. The molecule has 0 amide bonds. The highest BCUT2D eigenvalue weighted by atomic mass is 35.5. The van der Waals surface area contributed by atoms with Crippen LogP contribution in [0.15, 0.2) is 36.4 Å². The first-order chi connectivity index (χ1) is 8.13. The molecule has 0 aliphatic carbocycles. The van der Waals surface area contributed by atoms with Crippen LogP contribution in [0.5, 0.6) is 5.75 Å². The lowest BCUT2D eigenvalue weighted by molar-refractivity contribution is -0.143. The van der Waals surface area contributed by atoms with Crippen LogP contribution in [0.3, 0.4) is 0 Å². The van der Waals surface area contributed by atoms with Gasteiger partial charge in [0.1, 0.15) is 18.5 Å². The van der Waals surface area contributed by atoms with Gasteiger partial charge < -0.3 is 9.47 Å². The van der Waals surface area contributed by atoms with Gasteiger partial charge in [-0.1, -0.05) is 29.8 Å². The Kier molecular flexibility index (Phi) is 5.57. The molecule has 0 fully saturated rings. The minimum Gasteiger partial charge on any atom is -0.488 e. The molecule has 0 saturated heterocycles. The van der Waals surface area contributed by atoms with Gasteiger partial charge in [-0.3, -0.25) is 0 Å². The summed E-state index contributed by atoms with van der Waals surface area (Å²) in [4.78, 5) is 11.1. The largest absolute Gasteiger partial charge is 0.488 e. The van der Waals surface area contributed by atoms with Crippen molar-refractivity contribution in [3.63, 3.8) is 0 Å². The Morgan fingerprint density at radius 2 is 2.18 bits per heavy atom. The van der Waals surface area contributed by atoms with Crippen LogP contribution in [0, 0.1) is 0 Å². The number of allylic oxidation sites excluding steroid dienone is 1. The smallest absolute Gasteiger partial charge is 0.330 e. The molecule has 17 heavy (non-hydrogen) atoms. The minimum atomic E-state index is -0.372. The predicted molar refractivity (Wildman–Crippen MR) is 67.3 cm³/mol. The lowest BCUT2D eigenvalue weighted by Gasteiger charge is -2.13. The average Bonchev–Trinajstić information content (AvgIpc) is 2.28. The molecule has 4 heteroatoms. The summed E-state index contributed by atoms with van der Waals surface area (Å²) in [6, 6.07) is 7.17. The van der Waals surface area contributed by atoms with Crippen molar-refractivity contribution < 1.29 is 14.3 Å². The van der Waals surface area contributed by atoms with Gasteiger partial charge in [0.2, 0.25) is 0 Å². The zero-order chi connectivity index (χ0) is 12.7. The molecule has 0 spiro atoms. The fourth-order valence-corrected chi connectivity index (χ4v) is 1.37. The molecule has 0 aromatic heterocycles. The van der Waals surface area contributed by atoms with Crippen molar-refractivity contribution in [2.75, 3.05) is 6.61 Å². The van der Waals surface area contributed by atoms with Crippen LogP contribution in [-0.2, 0) is 9.53 Å². The third-order valence-electron chi connectivity index (χ3n) is 1.93. The monoisotopic (exact) mass is 254 g/mol. The van der Waals surface area contributed by atoms with E-state index in [1.165, 1.54) is 6.08 Å². The van der Waals surface area contributed by atoms with Gasteiger partial charge in [-0.2, -0.15) is 0 Å². The SMILES string of the molecule is C/C=C\C(=O)O[C@@H](C)COc1ccccc1Cl. The lowest BCUT2D eigenvalue weighted by Crippen LogP contribution is -2.21. The maximum Gasteiger partial charge on any atom is 0.330 e. The second-order valence-corrected chi connectivity index (χ2v) is 3.90. The van der Waals surface area contributed by atoms with Crippen molar-refractivity contribution in [3.05, 3.63) is 41.4 Å². The van der Waals surface area contributed by atoms with Crippen LogP contribution >= 0.6 is 11.6 Å². The molecule has 0 unspecified atom stereocenters. The highest BCUT2D eigenvalue weighted by Gasteiger charge is 2.08. The standard InChI is InChI=1S/C13H15ClO3/c1-3-6-13(15)17-10(2)9-16-12-8-5-4-7-11(12)14/h3-8,10H,9H2,1-2H3/b6-3-/t10-/m0/s1. The Bertz CT molecular complexity index is 401. The maximum absolute atomic E-state index is 11.1. The van der Waals surface area contributed by atoms with E-state index < -0.39 is 0 Å². The summed E-state index contributed by atoms with van der Waals surface area (Å²) in [6.07, 6.45) is 2.67. The van der Waals surface area contributed by atoms with E-state index in [2.05, 4.69) is 0 Å². The maximum atomic E-state index is 11.1. The predicted octanol–water partition coefficient (Wildman–Crippen LogP) is 3.23. The number of hydrogen-bond acceptors (Lipinski definition) is 3. The Morgan fingerprint density at radius 3 is 2.82 bits per heavy atom. The van der Waals surface area contributed by atoms with Crippen molar-refractivity contribution in [1.29, 1.82) is 0 Å². The van der Waals surface area contributed by atoms with Crippen LogP contribution < -0.4 is 4.74 Å². The molecule has 1 aromatic rings. The third-order valence-corrected chi connectivity index (χ3v) is 2.24. The molecule has 0 saturated carbocycles. The molecule has 1 atom stereocenters. The first-order valence-electron chi connectivity index (χ1n) is 5.34. The van der Waals surface area contributed by atoms with Gasteiger partial charge in [-0.05, 0) is 26.0 Å². The number of esters is 1. The second-order valence-electron chi connectivity index (χ2n) is 3.49. The average molecular weight is 255 g/mol. The summed E-state index contributed by atoms with van der Waals surface area (Å²) in [6.45, 7) is 3.79. The van der Waals surface area contributed by atoms with Crippen LogP contribution in [0.2, 0.25) is 5.02 Å². The van der Waals surface area contributed by atoms with Gasteiger partial charge in [-0.25, -0.2) is 4.79 Å². The van der Waals surface area contributed by atoms with E-state index in [9.17, 15) is 4.79 Å². The van der Waals surface area contributed by atoms with Crippen molar-refractivity contribution in [1.82, 2.24) is 0 Å². The molecule has 0 aliphatic rings. The molecule has 92 valence electrons. The number of ether oxygens (including phenoxy) is 2. The molecule has 1 rings (SSSR count). The number of halogens is 1. The lowest BCUT2D eigenvalue weighted by atomic mass is 10.3. The van der Waals surface area contributed by atoms with Crippen molar-refractivity contribution in [2.24, 2.45) is 0 Å². The molecule has 0 radical (unpaired) electrons. The van der Waals surface area contributed by atoms with E-state index in [1.807, 2.05) is 12.1 Å². The number of carbonyl (C=O) groups is 1. The summed E-state index contributed by atoms with van der Waals surface area (Å²) in [5, 5.41) is 0.541. The van der Waals surface area contributed by atoms with E-state index in [1.54, 1.807) is 32.1 Å². The van der Waals surface area contributed by atoms with Gasteiger partial charge in [-0.15, -0.1) is 0 Å². The fraction of sp³-hybridized carbons (Fsp3) is 0.308. The number of rotatable bonds is 5. The molecular weight excluding hydrogens is 240 g/mol. The molecular formula is C13H15ClO3. The van der Waals surface area contributed by atoms with E-state index in [4.69, 9.17) is 21.1 Å². The zero-order valence-electron chi connectivity index (χ0n) is 9.85. The van der Waals surface area contributed by atoms with Gasteiger partial charge in [0.05, 0.1) is 5.02 Å². The topological polar surface area (TPSA) is 35.5 Å². The van der Waals surface area contributed by atoms with Crippen molar-refractivity contribution >= 4 is 17.6 Å². The highest BCUT2D eigenvalue weighted by molar-refractivity contribution is 6.32. The number of benzene rings is 1. The fourth-order valence-electron chi connectivity index (χ4n) is 1.18. The van der Waals surface area contributed by atoms with Crippen molar-refractivity contribution in [3.8, 4) is 5.75 Å². The number of carbonyl (C=O) groups excluding carboxylic acids is 1. The van der Waals surface area contributed by atoms with Crippen LogP contribution in [0.1, 0.15) is 13.8 Å². The molecule has 0 heterocycles. The summed E-state index contributed by atoms with van der Waals surface area (Å²) < 4.78 is 10.5. The van der Waals surface area contributed by atoms with Crippen LogP contribution in [0.25, 0.3) is 0 Å². The Balaban J connectivity index is 2.41.